The third kappa shape index (κ3) is 2.16. The summed E-state index contributed by atoms with van der Waals surface area (Å²) in [6.07, 6.45) is 0.691. The van der Waals surface area contributed by atoms with Crippen molar-refractivity contribution in [1.82, 2.24) is 10.3 Å². The summed E-state index contributed by atoms with van der Waals surface area (Å²) in [5, 5.41) is 3.63. The minimum absolute atomic E-state index is 0.232. The lowest BCUT2D eigenvalue weighted by Gasteiger charge is -2.06. The average molecular weight is 310 g/mol. The summed E-state index contributed by atoms with van der Waals surface area (Å²) in [6, 6.07) is 10.4. The van der Waals surface area contributed by atoms with Crippen LogP contribution in [0.1, 0.15) is 15.9 Å². The first-order valence-electron chi connectivity index (χ1n) is 7.44. The Bertz CT molecular complexity index is 930. The Morgan fingerprint density at radius 2 is 2.09 bits per heavy atom. The zero-order chi connectivity index (χ0) is 16.0. The molecule has 0 spiro atoms. The summed E-state index contributed by atoms with van der Waals surface area (Å²) in [4.78, 5) is 15.5. The van der Waals surface area contributed by atoms with Gasteiger partial charge < -0.3 is 15.0 Å². The summed E-state index contributed by atoms with van der Waals surface area (Å²) in [5.41, 5.74) is 3.92. The Balaban J connectivity index is 2.03. The predicted octanol–water partition coefficient (Wildman–Crippen LogP) is 3.27. The summed E-state index contributed by atoms with van der Waals surface area (Å²) >= 11 is 0. The van der Waals surface area contributed by atoms with Gasteiger partial charge in [-0.3, -0.25) is 4.79 Å². The lowest BCUT2D eigenvalue weighted by atomic mass is 10.00. The summed E-state index contributed by atoms with van der Waals surface area (Å²) in [5.74, 6) is 0.0987. The number of aromatic nitrogens is 1. The molecule has 5 heteroatoms. The molecule has 1 aliphatic rings. The van der Waals surface area contributed by atoms with E-state index >= 15 is 0 Å². The van der Waals surface area contributed by atoms with Crippen LogP contribution in [-0.4, -0.2) is 24.5 Å². The Kier molecular flexibility index (Phi) is 3.08. The van der Waals surface area contributed by atoms with E-state index in [1.54, 1.807) is 7.11 Å². The number of amides is 1. The first-order valence-corrected chi connectivity index (χ1v) is 7.44. The lowest BCUT2D eigenvalue weighted by Crippen LogP contribution is -2.23. The largest absolute Gasteiger partial charge is 0.497 e. The van der Waals surface area contributed by atoms with Crippen molar-refractivity contribution in [3.63, 3.8) is 0 Å². The van der Waals surface area contributed by atoms with E-state index in [9.17, 15) is 9.18 Å². The number of nitrogens with one attached hydrogen (secondary N) is 2. The van der Waals surface area contributed by atoms with Crippen LogP contribution < -0.4 is 10.1 Å². The van der Waals surface area contributed by atoms with Crippen LogP contribution in [0, 0.1) is 5.82 Å². The highest BCUT2D eigenvalue weighted by Gasteiger charge is 2.23. The molecule has 0 fully saturated rings. The van der Waals surface area contributed by atoms with Gasteiger partial charge in [-0.05, 0) is 36.2 Å². The number of aromatic amines is 1. The van der Waals surface area contributed by atoms with Gasteiger partial charge in [-0.1, -0.05) is 12.1 Å². The molecule has 0 saturated heterocycles. The van der Waals surface area contributed by atoms with Gasteiger partial charge in [-0.25, -0.2) is 4.39 Å². The topological polar surface area (TPSA) is 54.1 Å². The molecule has 116 valence electrons. The fourth-order valence-corrected chi connectivity index (χ4v) is 3.22. The van der Waals surface area contributed by atoms with E-state index in [-0.39, 0.29) is 5.91 Å². The zero-order valence-electron chi connectivity index (χ0n) is 12.6. The molecule has 2 N–H and O–H groups in total. The van der Waals surface area contributed by atoms with E-state index in [0.717, 1.165) is 28.0 Å². The summed E-state index contributed by atoms with van der Waals surface area (Å²) < 4.78 is 19.1. The van der Waals surface area contributed by atoms with Crippen LogP contribution in [0.3, 0.4) is 0 Å². The number of ether oxygens (including phenoxy) is 1. The second-order valence-electron chi connectivity index (χ2n) is 5.59. The molecule has 1 aliphatic heterocycles. The first kappa shape index (κ1) is 13.8. The van der Waals surface area contributed by atoms with Crippen LogP contribution in [-0.2, 0) is 6.42 Å². The van der Waals surface area contributed by atoms with Gasteiger partial charge in [0.2, 0.25) is 0 Å². The highest BCUT2D eigenvalue weighted by Crippen LogP contribution is 2.35. The number of halogens is 1. The van der Waals surface area contributed by atoms with Crippen molar-refractivity contribution < 1.29 is 13.9 Å². The van der Waals surface area contributed by atoms with Crippen LogP contribution in [0.25, 0.3) is 22.2 Å². The second-order valence-corrected chi connectivity index (χ2v) is 5.59. The summed E-state index contributed by atoms with van der Waals surface area (Å²) in [6.45, 7) is 0.527. The maximum absolute atomic E-state index is 13.9. The number of benzene rings is 2. The molecule has 2 aromatic carbocycles. The number of carbonyl (C=O) groups is 1. The quantitative estimate of drug-likeness (QED) is 0.763. The van der Waals surface area contributed by atoms with Crippen molar-refractivity contribution in [2.45, 2.75) is 6.42 Å². The van der Waals surface area contributed by atoms with Gasteiger partial charge in [0.05, 0.1) is 12.7 Å². The molecule has 0 bridgehead atoms. The Morgan fingerprint density at radius 3 is 2.91 bits per heavy atom. The summed E-state index contributed by atoms with van der Waals surface area (Å²) in [7, 11) is 1.62. The Hall–Kier alpha value is -2.82. The number of H-pyrrole nitrogens is 1. The Morgan fingerprint density at radius 1 is 1.22 bits per heavy atom. The molecule has 3 aromatic rings. The highest BCUT2D eigenvalue weighted by molar-refractivity contribution is 6.10. The Labute approximate surface area is 132 Å². The molecule has 4 rings (SSSR count). The third-order valence-corrected chi connectivity index (χ3v) is 4.23. The van der Waals surface area contributed by atoms with E-state index in [1.807, 2.05) is 24.3 Å². The van der Waals surface area contributed by atoms with Gasteiger partial charge in [0.1, 0.15) is 11.6 Å². The molecular weight excluding hydrogens is 295 g/mol. The monoisotopic (exact) mass is 310 g/mol. The SMILES string of the molecule is COc1cccc(-c2[nH]c3cc(F)cc4c3c2CCNC4=O)c1. The van der Waals surface area contributed by atoms with E-state index in [4.69, 9.17) is 4.74 Å². The molecular formula is C18H15FN2O2. The van der Waals surface area contributed by atoms with Gasteiger partial charge in [0, 0.05) is 28.7 Å². The highest BCUT2D eigenvalue weighted by atomic mass is 19.1. The maximum atomic E-state index is 13.9. The van der Waals surface area contributed by atoms with Gasteiger partial charge >= 0.3 is 0 Å². The van der Waals surface area contributed by atoms with Gasteiger partial charge in [0.15, 0.2) is 0 Å². The van der Waals surface area contributed by atoms with E-state index < -0.39 is 5.82 Å². The number of carbonyl (C=O) groups excluding carboxylic acids is 1. The number of hydrogen-bond donors (Lipinski definition) is 2. The van der Waals surface area contributed by atoms with Gasteiger partial charge in [-0.15, -0.1) is 0 Å². The minimum atomic E-state index is -0.422. The average Bonchev–Trinajstić information content (AvgIpc) is 2.83. The molecule has 1 aromatic heterocycles. The van der Waals surface area contributed by atoms with Crippen LogP contribution in [0.2, 0.25) is 0 Å². The van der Waals surface area contributed by atoms with Crippen molar-refractivity contribution in [1.29, 1.82) is 0 Å². The third-order valence-electron chi connectivity index (χ3n) is 4.23. The van der Waals surface area contributed by atoms with Crippen molar-refractivity contribution in [2.75, 3.05) is 13.7 Å². The fourth-order valence-electron chi connectivity index (χ4n) is 3.22. The number of rotatable bonds is 2. The predicted molar refractivity (Wildman–Crippen MR) is 86.3 cm³/mol. The molecule has 0 unspecified atom stereocenters. The van der Waals surface area contributed by atoms with E-state index in [2.05, 4.69) is 10.3 Å². The smallest absolute Gasteiger partial charge is 0.252 e. The number of methoxy groups -OCH3 is 1. The van der Waals surface area contributed by atoms with Gasteiger partial charge in [0.25, 0.3) is 5.91 Å². The number of hydrogen-bond acceptors (Lipinski definition) is 2. The normalized spacial score (nSPS) is 13.7. The molecule has 4 nitrogen and oxygen atoms in total. The molecule has 1 amide bonds. The fraction of sp³-hybridized carbons (Fsp3) is 0.167. The second kappa shape index (κ2) is 5.12. The van der Waals surface area contributed by atoms with Crippen molar-refractivity contribution in [2.24, 2.45) is 0 Å². The van der Waals surface area contributed by atoms with Crippen LogP contribution in [0.4, 0.5) is 4.39 Å². The van der Waals surface area contributed by atoms with Gasteiger partial charge in [-0.2, -0.15) is 0 Å². The van der Waals surface area contributed by atoms with Crippen molar-refractivity contribution >= 4 is 16.8 Å². The lowest BCUT2D eigenvalue weighted by molar-refractivity contribution is 0.0957. The van der Waals surface area contributed by atoms with Crippen molar-refractivity contribution in [3.8, 4) is 17.0 Å². The van der Waals surface area contributed by atoms with Crippen LogP contribution >= 0.6 is 0 Å². The van der Waals surface area contributed by atoms with E-state index in [1.165, 1.54) is 12.1 Å². The van der Waals surface area contributed by atoms with Crippen molar-refractivity contribution in [3.05, 3.63) is 53.3 Å². The minimum Gasteiger partial charge on any atom is -0.497 e. The van der Waals surface area contributed by atoms with Crippen LogP contribution in [0.5, 0.6) is 5.75 Å². The molecule has 0 radical (unpaired) electrons. The first-order chi connectivity index (χ1) is 11.2. The molecule has 0 atom stereocenters. The molecule has 23 heavy (non-hydrogen) atoms. The zero-order valence-corrected chi connectivity index (χ0v) is 12.6. The molecule has 0 saturated carbocycles. The standard InChI is InChI=1S/C18H15FN2O2/c1-23-12-4-2-3-10(7-12)17-13-5-6-20-18(22)14-8-11(19)9-15(21-17)16(13)14/h2-4,7-9,21H,5-6H2,1H3,(H,20,22). The maximum Gasteiger partial charge on any atom is 0.252 e. The van der Waals surface area contributed by atoms with E-state index in [0.29, 0.717) is 24.0 Å². The molecule has 0 aliphatic carbocycles. The molecule has 2 heterocycles. The van der Waals surface area contributed by atoms with Crippen LogP contribution in [0.15, 0.2) is 36.4 Å².